The highest BCUT2D eigenvalue weighted by molar-refractivity contribution is 6.27. The number of ether oxygens (including phenoxy) is 3. The van der Waals surface area contributed by atoms with Gasteiger partial charge in [-0.15, -0.1) is 11.6 Å². The van der Waals surface area contributed by atoms with Crippen LogP contribution in [0.25, 0.3) is 0 Å². The Morgan fingerprint density at radius 1 is 1.19 bits per heavy atom. The van der Waals surface area contributed by atoms with Gasteiger partial charge in [0.25, 0.3) is 0 Å². The number of hydrogen-bond acceptors (Lipinski definition) is 5. The number of nitrogens with one attached hydrogen (secondary N) is 1. The lowest BCUT2D eigenvalue weighted by molar-refractivity contribution is -0.141. The fourth-order valence-electron chi connectivity index (χ4n) is 1.80. The van der Waals surface area contributed by atoms with E-state index in [1.165, 1.54) is 21.3 Å². The summed E-state index contributed by atoms with van der Waals surface area (Å²) in [4.78, 5) is 23.0. The van der Waals surface area contributed by atoms with Crippen LogP contribution in [0.1, 0.15) is 18.0 Å². The molecule has 21 heavy (non-hydrogen) atoms. The Bertz CT molecular complexity index is 488. The molecule has 7 heteroatoms. The van der Waals surface area contributed by atoms with E-state index in [1.807, 2.05) is 0 Å². The summed E-state index contributed by atoms with van der Waals surface area (Å²) in [5, 5.41) is 2.67. The number of carbonyl (C=O) groups is 2. The SMILES string of the molecule is COC(=O)CC(NC(=O)CCl)c1ccc(OC)c(OC)c1. The quantitative estimate of drug-likeness (QED) is 0.612. The molecule has 0 bridgehead atoms. The van der Waals surface area contributed by atoms with E-state index in [0.717, 1.165) is 0 Å². The van der Waals surface area contributed by atoms with Crippen LogP contribution in [0.2, 0.25) is 0 Å². The van der Waals surface area contributed by atoms with E-state index in [9.17, 15) is 9.59 Å². The van der Waals surface area contributed by atoms with E-state index in [4.69, 9.17) is 21.1 Å². The van der Waals surface area contributed by atoms with Crippen molar-refractivity contribution in [1.29, 1.82) is 0 Å². The fourth-order valence-corrected chi connectivity index (χ4v) is 1.88. The zero-order valence-electron chi connectivity index (χ0n) is 12.1. The molecule has 0 saturated carbocycles. The normalized spacial score (nSPS) is 11.4. The third kappa shape index (κ3) is 4.82. The summed E-state index contributed by atoms with van der Waals surface area (Å²) >= 11 is 5.49. The number of benzene rings is 1. The van der Waals surface area contributed by atoms with Gasteiger partial charge in [0.2, 0.25) is 5.91 Å². The molecule has 1 aromatic carbocycles. The van der Waals surface area contributed by atoms with Crippen molar-refractivity contribution in [3.8, 4) is 11.5 Å². The molecule has 1 amide bonds. The number of amides is 1. The second-order valence-corrected chi connectivity index (χ2v) is 4.42. The lowest BCUT2D eigenvalue weighted by Gasteiger charge is -2.19. The van der Waals surface area contributed by atoms with Crippen LogP contribution in [-0.2, 0) is 14.3 Å². The first-order valence-electron chi connectivity index (χ1n) is 6.19. The molecule has 6 nitrogen and oxygen atoms in total. The molecule has 0 aliphatic rings. The molecular weight excluding hydrogens is 298 g/mol. The third-order valence-electron chi connectivity index (χ3n) is 2.87. The molecule has 0 aliphatic heterocycles. The number of halogens is 1. The van der Waals surface area contributed by atoms with Gasteiger partial charge in [-0.3, -0.25) is 9.59 Å². The molecule has 1 unspecified atom stereocenters. The van der Waals surface area contributed by atoms with Gasteiger partial charge < -0.3 is 19.5 Å². The Morgan fingerprint density at radius 3 is 2.38 bits per heavy atom. The molecule has 0 aromatic heterocycles. The highest BCUT2D eigenvalue weighted by Gasteiger charge is 2.20. The van der Waals surface area contributed by atoms with Crippen molar-refractivity contribution < 1.29 is 23.8 Å². The van der Waals surface area contributed by atoms with E-state index in [1.54, 1.807) is 18.2 Å². The van der Waals surface area contributed by atoms with Crippen molar-refractivity contribution in [3.05, 3.63) is 23.8 Å². The summed E-state index contributed by atoms with van der Waals surface area (Å²) < 4.78 is 15.0. The van der Waals surface area contributed by atoms with E-state index < -0.39 is 12.0 Å². The van der Waals surface area contributed by atoms with Crippen molar-refractivity contribution >= 4 is 23.5 Å². The fraction of sp³-hybridized carbons (Fsp3) is 0.429. The number of rotatable bonds is 7. The van der Waals surface area contributed by atoms with Gasteiger partial charge in [0.15, 0.2) is 11.5 Å². The summed E-state index contributed by atoms with van der Waals surface area (Å²) in [6.45, 7) is 0. The van der Waals surface area contributed by atoms with E-state index in [0.29, 0.717) is 17.1 Å². The van der Waals surface area contributed by atoms with Crippen LogP contribution >= 0.6 is 11.6 Å². The Hall–Kier alpha value is -1.95. The van der Waals surface area contributed by atoms with Gasteiger partial charge in [-0.25, -0.2) is 0 Å². The Labute approximate surface area is 128 Å². The van der Waals surface area contributed by atoms with Crippen LogP contribution in [0.3, 0.4) is 0 Å². The average Bonchev–Trinajstić information content (AvgIpc) is 2.52. The predicted molar refractivity (Wildman–Crippen MR) is 77.8 cm³/mol. The van der Waals surface area contributed by atoms with Gasteiger partial charge in [0.05, 0.1) is 33.8 Å². The van der Waals surface area contributed by atoms with Crippen molar-refractivity contribution in [3.63, 3.8) is 0 Å². The number of carbonyl (C=O) groups excluding carboxylic acids is 2. The molecular formula is C14H18ClNO5. The van der Waals surface area contributed by atoms with Crippen LogP contribution in [0.15, 0.2) is 18.2 Å². The minimum atomic E-state index is -0.552. The molecule has 0 radical (unpaired) electrons. The zero-order valence-corrected chi connectivity index (χ0v) is 12.9. The first-order valence-corrected chi connectivity index (χ1v) is 6.73. The first-order chi connectivity index (χ1) is 10.0. The predicted octanol–water partition coefficient (Wildman–Crippen LogP) is 1.66. The minimum Gasteiger partial charge on any atom is -0.493 e. The van der Waals surface area contributed by atoms with Crippen molar-refractivity contribution in [2.24, 2.45) is 0 Å². The van der Waals surface area contributed by atoms with Crippen LogP contribution in [0, 0.1) is 0 Å². The van der Waals surface area contributed by atoms with Crippen LogP contribution in [-0.4, -0.2) is 39.1 Å². The maximum Gasteiger partial charge on any atom is 0.307 e. The maximum absolute atomic E-state index is 11.5. The Morgan fingerprint density at radius 2 is 1.86 bits per heavy atom. The lowest BCUT2D eigenvalue weighted by Crippen LogP contribution is -2.31. The van der Waals surface area contributed by atoms with Gasteiger partial charge in [-0.1, -0.05) is 6.07 Å². The zero-order chi connectivity index (χ0) is 15.8. The molecule has 1 atom stereocenters. The summed E-state index contributed by atoms with van der Waals surface area (Å²) in [5.74, 6) is 0.0575. The van der Waals surface area contributed by atoms with Gasteiger partial charge in [0, 0.05) is 0 Å². The van der Waals surface area contributed by atoms with Crippen LogP contribution < -0.4 is 14.8 Å². The van der Waals surface area contributed by atoms with Crippen LogP contribution in [0.4, 0.5) is 0 Å². The number of hydrogen-bond donors (Lipinski definition) is 1. The van der Waals surface area contributed by atoms with Crippen molar-refractivity contribution in [2.45, 2.75) is 12.5 Å². The largest absolute Gasteiger partial charge is 0.493 e. The standard InChI is InChI=1S/C14H18ClNO5/c1-19-11-5-4-9(6-12(11)20-2)10(7-14(18)21-3)16-13(17)8-15/h4-6,10H,7-8H2,1-3H3,(H,16,17). The number of methoxy groups -OCH3 is 3. The Kier molecular flexibility index (Phi) is 6.81. The summed E-state index contributed by atoms with van der Waals surface area (Å²) in [6.07, 6.45) is -0.00535. The molecule has 0 fully saturated rings. The van der Waals surface area contributed by atoms with E-state index in [-0.39, 0.29) is 18.2 Å². The second kappa shape index (κ2) is 8.36. The van der Waals surface area contributed by atoms with Gasteiger partial charge >= 0.3 is 5.97 Å². The van der Waals surface area contributed by atoms with Gasteiger partial charge in [0.1, 0.15) is 5.88 Å². The highest BCUT2D eigenvalue weighted by atomic mass is 35.5. The highest BCUT2D eigenvalue weighted by Crippen LogP contribution is 2.31. The number of alkyl halides is 1. The van der Waals surface area contributed by atoms with Gasteiger partial charge in [-0.2, -0.15) is 0 Å². The molecule has 1 rings (SSSR count). The monoisotopic (exact) mass is 315 g/mol. The van der Waals surface area contributed by atoms with Crippen molar-refractivity contribution in [1.82, 2.24) is 5.32 Å². The molecule has 0 heterocycles. The number of esters is 1. The first kappa shape index (κ1) is 17.1. The van der Waals surface area contributed by atoms with E-state index >= 15 is 0 Å². The average molecular weight is 316 g/mol. The third-order valence-corrected chi connectivity index (χ3v) is 3.11. The molecule has 0 spiro atoms. The summed E-state index contributed by atoms with van der Waals surface area (Å²) in [5.41, 5.74) is 0.691. The summed E-state index contributed by atoms with van der Waals surface area (Å²) in [6, 6.07) is 4.58. The lowest BCUT2D eigenvalue weighted by atomic mass is 10.0. The van der Waals surface area contributed by atoms with Crippen LogP contribution in [0.5, 0.6) is 11.5 Å². The molecule has 0 aliphatic carbocycles. The van der Waals surface area contributed by atoms with E-state index in [2.05, 4.69) is 10.1 Å². The topological polar surface area (TPSA) is 73.9 Å². The molecule has 1 aromatic rings. The second-order valence-electron chi connectivity index (χ2n) is 4.15. The smallest absolute Gasteiger partial charge is 0.307 e. The maximum atomic E-state index is 11.5. The van der Waals surface area contributed by atoms with Gasteiger partial charge in [-0.05, 0) is 17.7 Å². The molecule has 116 valence electrons. The van der Waals surface area contributed by atoms with Crippen molar-refractivity contribution in [2.75, 3.05) is 27.2 Å². The summed E-state index contributed by atoms with van der Waals surface area (Å²) in [7, 11) is 4.32. The Balaban J connectivity index is 3.06. The molecule has 0 saturated heterocycles. The molecule has 1 N–H and O–H groups in total. The minimum absolute atomic E-state index is 0.00535.